The number of rotatable bonds is 3. The van der Waals surface area contributed by atoms with Crippen LogP contribution in [0.4, 0.5) is 13.6 Å². The zero-order chi connectivity index (χ0) is 31.7. The van der Waals surface area contributed by atoms with E-state index in [0.29, 0.717) is 33.6 Å². The van der Waals surface area contributed by atoms with Crippen LogP contribution >= 0.6 is 0 Å². The van der Waals surface area contributed by atoms with Crippen LogP contribution in [0.15, 0.2) is 47.7 Å². The van der Waals surface area contributed by atoms with Crippen molar-refractivity contribution in [2.24, 2.45) is 7.05 Å². The maximum atomic E-state index is 15.7. The molecule has 0 saturated carbocycles. The third-order valence-corrected chi connectivity index (χ3v) is 7.67. The fourth-order valence-electron chi connectivity index (χ4n) is 5.64. The molecule has 1 aliphatic heterocycles. The van der Waals surface area contributed by atoms with Crippen LogP contribution in [0.1, 0.15) is 49.2 Å². The molecule has 0 radical (unpaired) electrons. The van der Waals surface area contributed by atoms with E-state index in [-0.39, 0.29) is 35.7 Å². The van der Waals surface area contributed by atoms with Gasteiger partial charge in [0.2, 0.25) is 0 Å². The molecule has 1 amide bonds. The molecule has 13 heteroatoms. The molecule has 226 valence electrons. The standard InChI is InChI=1S/C31H30F2N8O3/c1-17-13-19(14-18(2)26(17)32)41-28(25-21(36-41)9-10-39(24(25)15-34)30(43)44-31(3,4)5)40-12-11-38(29(40)42)23-8-7-22-20(27(23)33)16-35-37(22)6/h7-8,11-14,16,24H,9-10H2,1-6H3. The average molecular weight is 601 g/mol. The van der Waals surface area contributed by atoms with Gasteiger partial charge >= 0.3 is 11.8 Å². The quantitative estimate of drug-likeness (QED) is 0.289. The highest BCUT2D eigenvalue weighted by Crippen LogP contribution is 2.36. The van der Waals surface area contributed by atoms with E-state index in [9.17, 15) is 19.2 Å². The van der Waals surface area contributed by atoms with Gasteiger partial charge in [0.05, 0.1) is 45.8 Å². The van der Waals surface area contributed by atoms with Gasteiger partial charge in [0.15, 0.2) is 17.7 Å². The summed E-state index contributed by atoms with van der Waals surface area (Å²) in [6.45, 7) is 8.59. The highest BCUT2D eigenvalue weighted by atomic mass is 19.1. The van der Waals surface area contributed by atoms with Crippen molar-refractivity contribution in [3.8, 4) is 23.3 Å². The molecule has 1 unspecified atom stereocenters. The number of carbonyl (C=O) groups is 1. The predicted octanol–water partition coefficient (Wildman–Crippen LogP) is 4.95. The molecule has 0 saturated heterocycles. The van der Waals surface area contributed by atoms with Crippen LogP contribution in [0, 0.1) is 36.8 Å². The maximum absolute atomic E-state index is 15.7. The predicted molar refractivity (Wildman–Crippen MR) is 157 cm³/mol. The summed E-state index contributed by atoms with van der Waals surface area (Å²) in [4.78, 5) is 28.6. The summed E-state index contributed by atoms with van der Waals surface area (Å²) in [7, 11) is 1.69. The summed E-state index contributed by atoms with van der Waals surface area (Å²) in [5, 5.41) is 19.5. The first kappa shape index (κ1) is 28.9. The molecule has 5 aromatic rings. The van der Waals surface area contributed by atoms with Crippen LogP contribution in [0.25, 0.3) is 28.1 Å². The minimum atomic E-state index is -1.15. The van der Waals surface area contributed by atoms with E-state index < -0.39 is 29.2 Å². The minimum absolute atomic E-state index is 0.00914. The van der Waals surface area contributed by atoms with Crippen LogP contribution in [-0.2, 0) is 18.2 Å². The summed E-state index contributed by atoms with van der Waals surface area (Å²) < 4.78 is 41.3. The monoisotopic (exact) mass is 600 g/mol. The van der Waals surface area contributed by atoms with Gasteiger partial charge in [-0.1, -0.05) is 0 Å². The smallest absolute Gasteiger partial charge is 0.411 e. The Balaban J connectivity index is 1.58. The number of aryl methyl sites for hydroxylation is 3. The van der Waals surface area contributed by atoms with Crippen molar-refractivity contribution >= 4 is 17.0 Å². The Morgan fingerprint density at radius 3 is 2.43 bits per heavy atom. The molecule has 0 spiro atoms. The molecule has 0 aliphatic carbocycles. The molecule has 0 bridgehead atoms. The lowest BCUT2D eigenvalue weighted by atomic mass is 9.99. The van der Waals surface area contributed by atoms with Crippen molar-refractivity contribution < 1.29 is 18.3 Å². The molecule has 0 fully saturated rings. The molecule has 44 heavy (non-hydrogen) atoms. The lowest BCUT2D eigenvalue weighted by Crippen LogP contribution is -2.43. The van der Waals surface area contributed by atoms with Gasteiger partial charge in [-0.15, -0.1) is 0 Å². The van der Waals surface area contributed by atoms with Gasteiger partial charge in [-0.3, -0.25) is 18.7 Å². The van der Waals surface area contributed by atoms with Crippen LogP contribution in [0.2, 0.25) is 0 Å². The van der Waals surface area contributed by atoms with Crippen molar-refractivity contribution in [3.05, 3.63) is 87.4 Å². The summed E-state index contributed by atoms with van der Waals surface area (Å²) >= 11 is 0. The van der Waals surface area contributed by atoms with Gasteiger partial charge in [-0.05, 0) is 70.0 Å². The van der Waals surface area contributed by atoms with Crippen molar-refractivity contribution in [1.29, 1.82) is 5.26 Å². The van der Waals surface area contributed by atoms with Gasteiger partial charge in [0.25, 0.3) is 0 Å². The van der Waals surface area contributed by atoms with Crippen molar-refractivity contribution in [3.63, 3.8) is 0 Å². The number of hydrogen-bond donors (Lipinski definition) is 0. The van der Waals surface area contributed by atoms with Crippen molar-refractivity contribution in [2.45, 2.75) is 52.7 Å². The summed E-state index contributed by atoms with van der Waals surface area (Å²) in [6, 6.07) is 7.39. The molecule has 6 rings (SSSR count). The molecular formula is C31H30F2N8O3. The zero-order valence-corrected chi connectivity index (χ0v) is 25.1. The Hall–Kier alpha value is -5.25. The largest absolute Gasteiger partial charge is 0.444 e. The number of imidazole rings is 1. The lowest BCUT2D eigenvalue weighted by Gasteiger charge is -2.33. The van der Waals surface area contributed by atoms with E-state index >= 15 is 4.39 Å². The normalized spacial score (nSPS) is 15.0. The Kier molecular flexibility index (Phi) is 6.68. The van der Waals surface area contributed by atoms with Gasteiger partial charge < -0.3 is 4.74 Å². The highest BCUT2D eigenvalue weighted by molar-refractivity contribution is 5.81. The maximum Gasteiger partial charge on any atom is 0.411 e. The number of carbonyl (C=O) groups excluding carboxylic acids is 1. The minimum Gasteiger partial charge on any atom is -0.444 e. The number of hydrogen-bond acceptors (Lipinski definition) is 6. The van der Waals surface area contributed by atoms with E-state index in [1.807, 2.05) is 0 Å². The van der Waals surface area contributed by atoms with Gasteiger partial charge in [0, 0.05) is 32.4 Å². The molecule has 2 aromatic carbocycles. The first-order valence-corrected chi connectivity index (χ1v) is 14.0. The van der Waals surface area contributed by atoms with E-state index in [0.717, 1.165) is 4.57 Å². The lowest BCUT2D eigenvalue weighted by molar-refractivity contribution is 0.0190. The Labute approximate surface area is 251 Å². The molecular weight excluding hydrogens is 570 g/mol. The van der Waals surface area contributed by atoms with Gasteiger partial charge in [0.1, 0.15) is 11.4 Å². The van der Waals surface area contributed by atoms with Crippen LogP contribution < -0.4 is 5.69 Å². The zero-order valence-electron chi connectivity index (χ0n) is 25.1. The number of nitriles is 1. The summed E-state index contributed by atoms with van der Waals surface area (Å²) in [5.74, 6) is -0.818. The number of amides is 1. The SMILES string of the molecule is Cc1cc(-n2nc3c(c2-n2ccn(-c4ccc5c(cnn5C)c4F)c2=O)C(C#N)N(C(=O)OC(C)(C)C)CC3)cc(C)c1F. The number of fused-ring (bicyclic) bond motifs is 2. The first-order chi connectivity index (χ1) is 20.8. The van der Waals surface area contributed by atoms with Crippen molar-refractivity contribution in [2.75, 3.05) is 6.54 Å². The number of halogens is 2. The van der Waals surface area contributed by atoms with E-state index in [1.165, 1.54) is 43.5 Å². The Morgan fingerprint density at radius 2 is 1.77 bits per heavy atom. The second-order valence-corrected chi connectivity index (χ2v) is 11.9. The molecule has 3 aromatic heterocycles. The van der Waals surface area contributed by atoms with E-state index in [1.54, 1.807) is 59.9 Å². The van der Waals surface area contributed by atoms with Crippen LogP contribution in [0.5, 0.6) is 0 Å². The Morgan fingerprint density at radius 1 is 1.09 bits per heavy atom. The van der Waals surface area contributed by atoms with E-state index in [2.05, 4.69) is 11.2 Å². The molecule has 1 atom stereocenters. The summed E-state index contributed by atoms with van der Waals surface area (Å²) in [5.41, 5.74) is 1.13. The topological polar surface area (TPSA) is 116 Å². The van der Waals surface area contributed by atoms with Gasteiger partial charge in [-0.2, -0.15) is 15.5 Å². The third-order valence-electron chi connectivity index (χ3n) is 7.67. The van der Waals surface area contributed by atoms with Crippen LogP contribution in [-0.4, -0.2) is 51.8 Å². The number of benzene rings is 2. The van der Waals surface area contributed by atoms with Crippen molar-refractivity contribution in [1.82, 2.24) is 33.6 Å². The highest BCUT2D eigenvalue weighted by Gasteiger charge is 2.39. The molecule has 11 nitrogen and oxygen atoms in total. The molecule has 4 heterocycles. The second kappa shape index (κ2) is 10.2. The van der Waals surface area contributed by atoms with E-state index in [4.69, 9.17) is 9.84 Å². The molecule has 0 N–H and O–H groups in total. The van der Waals surface area contributed by atoms with Crippen LogP contribution in [0.3, 0.4) is 0 Å². The summed E-state index contributed by atoms with van der Waals surface area (Å²) in [6.07, 6.45) is 3.85. The second-order valence-electron chi connectivity index (χ2n) is 11.9. The van der Waals surface area contributed by atoms with Gasteiger partial charge in [-0.25, -0.2) is 23.1 Å². The molecule has 1 aliphatic rings. The third kappa shape index (κ3) is 4.54. The Bertz CT molecular complexity index is 2050. The number of aromatic nitrogens is 6. The fourth-order valence-corrected chi connectivity index (χ4v) is 5.64. The fraction of sp³-hybridized carbons (Fsp3) is 0.323. The number of nitrogens with zero attached hydrogens (tertiary/aromatic N) is 8. The first-order valence-electron chi connectivity index (χ1n) is 14.0. The average Bonchev–Trinajstić information content (AvgIpc) is 3.65. The number of ether oxygens (including phenoxy) is 1.